The third-order valence-corrected chi connectivity index (χ3v) is 3.17. The first-order chi connectivity index (χ1) is 8.91. The summed E-state index contributed by atoms with van der Waals surface area (Å²) in [6.45, 7) is -0.572. The maximum Gasteiger partial charge on any atom is 0.271 e. The highest BCUT2D eigenvalue weighted by Gasteiger charge is 2.17. The Hall–Kier alpha value is -1.61. The number of rotatable bonds is 5. The second kappa shape index (κ2) is 5.17. The molecule has 1 atom stereocenters. The fourth-order valence-corrected chi connectivity index (χ4v) is 2.00. The van der Waals surface area contributed by atoms with E-state index in [4.69, 9.17) is 19.4 Å². The van der Waals surface area contributed by atoms with Gasteiger partial charge in [-0.1, -0.05) is 12.1 Å². The van der Waals surface area contributed by atoms with E-state index in [0.29, 0.717) is 5.39 Å². The standard InChI is InChI=1S/C11H13NO6S/c12-19(15,16)10-4-7-2-1-3-9(11(7)18-10)17-6-8(14)5-13/h1-4,8,13-14H,5-6H2,(H2,12,15,16). The fraction of sp³-hybridized carbons (Fsp3) is 0.273. The monoisotopic (exact) mass is 287 g/mol. The van der Waals surface area contributed by atoms with E-state index >= 15 is 0 Å². The van der Waals surface area contributed by atoms with Gasteiger partial charge in [-0.05, 0) is 6.07 Å². The first kappa shape index (κ1) is 13.8. The van der Waals surface area contributed by atoms with Crippen LogP contribution in [-0.2, 0) is 10.0 Å². The normalized spacial score (nSPS) is 13.6. The van der Waals surface area contributed by atoms with Gasteiger partial charge >= 0.3 is 0 Å². The molecule has 7 nitrogen and oxygen atoms in total. The van der Waals surface area contributed by atoms with Crippen LogP contribution in [0.4, 0.5) is 0 Å². The second-order valence-corrected chi connectivity index (χ2v) is 5.42. The van der Waals surface area contributed by atoms with E-state index in [0.717, 1.165) is 0 Å². The molecule has 8 heteroatoms. The molecule has 19 heavy (non-hydrogen) atoms. The Labute approximate surface area is 109 Å². The first-order valence-electron chi connectivity index (χ1n) is 5.39. The number of sulfonamides is 1. The summed E-state index contributed by atoms with van der Waals surface area (Å²) in [4.78, 5) is 0. The van der Waals surface area contributed by atoms with Crippen LogP contribution >= 0.6 is 0 Å². The Kier molecular flexibility index (Phi) is 3.76. The Morgan fingerprint density at radius 1 is 1.42 bits per heavy atom. The Balaban J connectivity index is 2.37. The van der Waals surface area contributed by atoms with Gasteiger partial charge in [-0.3, -0.25) is 0 Å². The molecule has 1 heterocycles. The quantitative estimate of drug-likeness (QED) is 0.700. The van der Waals surface area contributed by atoms with E-state index in [1.54, 1.807) is 18.2 Å². The van der Waals surface area contributed by atoms with Crippen molar-refractivity contribution in [1.82, 2.24) is 0 Å². The molecule has 0 aliphatic heterocycles. The number of aliphatic hydroxyl groups excluding tert-OH is 2. The molecule has 4 N–H and O–H groups in total. The number of aliphatic hydroxyl groups is 2. The van der Waals surface area contributed by atoms with Gasteiger partial charge in [0.15, 0.2) is 11.3 Å². The minimum Gasteiger partial charge on any atom is -0.487 e. The zero-order valence-electron chi connectivity index (χ0n) is 9.81. The van der Waals surface area contributed by atoms with Crippen molar-refractivity contribution in [2.45, 2.75) is 11.2 Å². The van der Waals surface area contributed by atoms with Gasteiger partial charge in [0.25, 0.3) is 10.0 Å². The van der Waals surface area contributed by atoms with Gasteiger partial charge in [-0.25, -0.2) is 13.6 Å². The molecule has 2 aromatic rings. The zero-order valence-corrected chi connectivity index (χ0v) is 10.6. The molecule has 2 rings (SSSR count). The molecule has 0 amide bonds. The summed E-state index contributed by atoms with van der Waals surface area (Å²) in [5, 5.41) is 23.0. The van der Waals surface area contributed by atoms with Crippen LogP contribution in [0.5, 0.6) is 5.75 Å². The molecule has 0 saturated heterocycles. The van der Waals surface area contributed by atoms with Crippen LogP contribution in [-0.4, -0.2) is 37.9 Å². The number of primary sulfonamides is 1. The van der Waals surface area contributed by atoms with Crippen LogP contribution in [0.1, 0.15) is 0 Å². The molecular formula is C11H13NO6S. The summed E-state index contributed by atoms with van der Waals surface area (Å²) < 4.78 is 32.8. The lowest BCUT2D eigenvalue weighted by Gasteiger charge is -2.09. The molecule has 0 aliphatic rings. The van der Waals surface area contributed by atoms with Crippen molar-refractivity contribution in [2.75, 3.05) is 13.2 Å². The smallest absolute Gasteiger partial charge is 0.271 e. The Morgan fingerprint density at radius 2 is 2.16 bits per heavy atom. The minimum absolute atomic E-state index is 0.138. The van der Waals surface area contributed by atoms with Crippen molar-refractivity contribution in [2.24, 2.45) is 5.14 Å². The molecule has 0 bridgehead atoms. The average Bonchev–Trinajstić information content (AvgIpc) is 2.80. The largest absolute Gasteiger partial charge is 0.487 e. The minimum atomic E-state index is -3.93. The topological polar surface area (TPSA) is 123 Å². The summed E-state index contributed by atoms with van der Waals surface area (Å²) in [6.07, 6.45) is -1.03. The lowest BCUT2D eigenvalue weighted by atomic mass is 10.2. The van der Waals surface area contributed by atoms with Crippen molar-refractivity contribution in [1.29, 1.82) is 0 Å². The van der Waals surface area contributed by atoms with E-state index < -0.39 is 22.7 Å². The zero-order chi connectivity index (χ0) is 14.0. The van der Waals surface area contributed by atoms with Crippen LogP contribution in [0.3, 0.4) is 0 Å². The summed E-state index contributed by atoms with van der Waals surface area (Å²) in [5.41, 5.74) is 0.219. The summed E-state index contributed by atoms with van der Waals surface area (Å²) in [5.74, 6) is 0.264. The highest BCUT2D eigenvalue weighted by atomic mass is 32.2. The molecule has 0 fully saturated rings. The van der Waals surface area contributed by atoms with Crippen LogP contribution < -0.4 is 9.88 Å². The van der Waals surface area contributed by atoms with E-state index in [2.05, 4.69) is 0 Å². The maximum absolute atomic E-state index is 11.2. The molecule has 0 radical (unpaired) electrons. The molecule has 0 aliphatic carbocycles. The highest BCUT2D eigenvalue weighted by molar-refractivity contribution is 7.89. The SMILES string of the molecule is NS(=O)(=O)c1cc2cccc(OCC(O)CO)c2o1. The highest BCUT2D eigenvalue weighted by Crippen LogP contribution is 2.30. The maximum atomic E-state index is 11.2. The summed E-state index contributed by atoms with van der Waals surface area (Å²) in [6, 6.07) is 6.14. The van der Waals surface area contributed by atoms with E-state index in [1.165, 1.54) is 6.07 Å². The number of furan rings is 1. The number of hydrogen-bond acceptors (Lipinski definition) is 6. The van der Waals surface area contributed by atoms with Gasteiger partial charge in [0.2, 0.25) is 5.09 Å². The van der Waals surface area contributed by atoms with Gasteiger partial charge in [-0.2, -0.15) is 0 Å². The van der Waals surface area contributed by atoms with Crippen molar-refractivity contribution in [3.8, 4) is 5.75 Å². The van der Waals surface area contributed by atoms with E-state index in [1.807, 2.05) is 0 Å². The van der Waals surface area contributed by atoms with Crippen LogP contribution in [0.2, 0.25) is 0 Å². The predicted octanol–water partition coefficient (Wildman–Crippen LogP) is -0.188. The molecule has 1 aromatic carbocycles. The van der Waals surface area contributed by atoms with Gasteiger partial charge in [0.1, 0.15) is 12.7 Å². The van der Waals surface area contributed by atoms with E-state index in [9.17, 15) is 13.5 Å². The second-order valence-electron chi connectivity index (χ2n) is 3.93. The third-order valence-electron chi connectivity index (χ3n) is 2.41. The molecule has 0 saturated carbocycles. The van der Waals surface area contributed by atoms with Gasteiger partial charge < -0.3 is 19.4 Å². The van der Waals surface area contributed by atoms with Crippen LogP contribution in [0.25, 0.3) is 11.0 Å². The lowest BCUT2D eigenvalue weighted by molar-refractivity contribution is 0.0537. The number of benzene rings is 1. The Bertz CT molecular complexity index is 678. The summed E-state index contributed by atoms with van der Waals surface area (Å²) in [7, 11) is -3.93. The van der Waals surface area contributed by atoms with Crippen molar-refractivity contribution in [3.63, 3.8) is 0 Å². The molecule has 0 spiro atoms. The number of hydrogen-bond donors (Lipinski definition) is 3. The van der Waals surface area contributed by atoms with Gasteiger partial charge in [-0.15, -0.1) is 0 Å². The van der Waals surface area contributed by atoms with Gasteiger partial charge in [0, 0.05) is 11.5 Å². The molecule has 1 unspecified atom stereocenters. The van der Waals surface area contributed by atoms with Crippen LogP contribution in [0, 0.1) is 0 Å². The average molecular weight is 287 g/mol. The number of fused-ring (bicyclic) bond motifs is 1. The Morgan fingerprint density at radius 3 is 2.79 bits per heavy atom. The first-order valence-corrected chi connectivity index (χ1v) is 6.93. The molecule has 104 valence electrons. The lowest BCUT2D eigenvalue weighted by Crippen LogP contribution is -2.21. The molecular weight excluding hydrogens is 274 g/mol. The van der Waals surface area contributed by atoms with Crippen LogP contribution in [0.15, 0.2) is 33.8 Å². The fourth-order valence-electron chi connectivity index (χ4n) is 1.51. The third kappa shape index (κ3) is 3.04. The number of para-hydroxylation sites is 1. The summed E-state index contributed by atoms with van der Waals surface area (Å²) >= 11 is 0. The van der Waals surface area contributed by atoms with Crippen molar-refractivity contribution < 1.29 is 27.8 Å². The van der Waals surface area contributed by atoms with E-state index in [-0.39, 0.29) is 23.0 Å². The van der Waals surface area contributed by atoms with Gasteiger partial charge in [0.05, 0.1) is 6.61 Å². The number of ether oxygens (including phenoxy) is 1. The number of nitrogens with two attached hydrogens (primary N) is 1. The molecule has 1 aromatic heterocycles. The van der Waals surface area contributed by atoms with Crippen molar-refractivity contribution >= 4 is 21.0 Å². The van der Waals surface area contributed by atoms with Crippen molar-refractivity contribution in [3.05, 3.63) is 24.3 Å². The predicted molar refractivity (Wildman–Crippen MR) is 66.2 cm³/mol.